The van der Waals surface area contributed by atoms with Crippen LogP contribution >= 0.6 is 11.8 Å². The summed E-state index contributed by atoms with van der Waals surface area (Å²) in [5.41, 5.74) is -1.28. The van der Waals surface area contributed by atoms with E-state index in [1.807, 2.05) is 13.8 Å². The van der Waals surface area contributed by atoms with E-state index in [9.17, 15) is 19.5 Å². The highest BCUT2D eigenvalue weighted by atomic mass is 32.2. The molecule has 2 aliphatic rings. The molecular weight excluding hydrogens is 292 g/mol. The number of carboxylic acids is 1. The van der Waals surface area contributed by atoms with E-state index in [0.29, 0.717) is 25.0 Å². The first-order valence-corrected chi connectivity index (χ1v) is 8.23. The van der Waals surface area contributed by atoms with E-state index in [2.05, 4.69) is 5.32 Å². The van der Waals surface area contributed by atoms with Crippen LogP contribution in [0.1, 0.15) is 46.5 Å². The number of carboxylic acid groups (broad SMARTS) is 1. The van der Waals surface area contributed by atoms with Gasteiger partial charge in [-0.15, -0.1) is 11.8 Å². The summed E-state index contributed by atoms with van der Waals surface area (Å²) < 4.78 is 0. The van der Waals surface area contributed by atoms with Crippen molar-refractivity contribution >= 4 is 29.5 Å². The van der Waals surface area contributed by atoms with Gasteiger partial charge in [0.05, 0.1) is 4.87 Å². The second kappa shape index (κ2) is 5.51. The number of rotatable bonds is 5. The van der Waals surface area contributed by atoms with Gasteiger partial charge in [0, 0.05) is 12.2 Å². The van der Waals surface area contributed by atoms with Gasteiger partial charge in [0.1, 0.15) is 11.6 Å². The molecule has 2 aliphatic heterocycles. The van der Waals surface area contributed by atoms with Crippen LogP contribution in [0, 0.1) is 0 Å². The zero-order chi connectivity index (χ0) is 15.8. The summed E-state index contributed by atoms with van der Waals surface area (Å²) in [6.07, 6.45) is 2.21. The van der Waals surface area contributed by atoms with E-state index in [0.717, 1.165) is 6.42 Å². The molecule has 0 aliphatic carbocycles. The van der Waals surface area contributed by atoms with Gasteiger partial charge in [-0.05, 0) is 26.7 Å². The number of carbonyl (C=O) groups excluding carboxylic acids is 2. The molecule has 0 saturated carbocycles. The Labute approximate surface area is 128 Å². The molecule has 0 aromatic rings. The highest BCUT2D eigenvalue weighted by molar-refractivity contribution is 8.01. The third kappa shape index (κ3) is 2.75. The lowest BCUT2D eigenvalue weighted by atomic mass is 9.95. The predicted octanol–water partition coefficient (Wildman–Crippen LogP) is 1.20. The Hall–Kier alpha value is -1.24. The van der Waals surface area contributed by atoms with Gasteiger partial charge in [0.15, 0.2) is 0 Å². The van der Waals surface area contributed by atoms with Gasteiger partial charge >= 0.3 is 5.97 Å². The Morgan fingerprint density at radius 3 is 2.81 bits per heavy atom. The maximum atomic E-state index is 12.5. The van der Waals surface area contributed by atoms with E-state index in [1.54, 1.807) is 16.7 Å². The third-order valence-electron chi connectivity index (χ3n) is 4.37. The van der Waals surface area contributed by atoms with Crippen molar-refractivity contribution in [2.24, 2.45) is 0 Å². The zero-order valence-corrected chi connectivity index (χ0v) is 13.5. The number of thioether (sulfide) groups is 1. The molecule has 118 valence electrons. The molecule has 2 N–H and O–H groups in total. The minimum Gasteiger partial charge on any atom is -0.480 e. The molecular formula is C14H22N2O4S. The minimum atomic E-state index is -1.28. The predicted molar refractivity (Wildman–Crippen MR) is 79.8 cm³/mol. The van der Waals surface area contributed by atoms with Gasteiger partial charge in [-0.3, -0.25) is 9.59 Å². The summed E-state index contributed by atoms with van der Waals surface area (Å²) in [4.78, 5) is 37.2. The SMILES string of the molecule is CCCC(C)(NC(=O)C1CSC2(C)CCC(=O)N12)C(=O)O. The van der Waals surface area contributed by atoms with Crippen LogP contribution < -0.4 is 5.32 Å². The molecule has 2 rings (SSSR count). The van der Waals surface area contributed by atoms with Crippen LogP contribution in [0.15, 0.2) is 0 Å². The van der Waals surface area contributed by atoms with Gasteiger partial charge < -0.3 is 15.3 Å². The maximum Gasteiger partial charge on any atom is 0.329 e. The molecule has 7 heteroatoms. The van der Waals surface area contributed by atoms with Crippen molar-refractivity contribution in [3.05, 3.63) is 0 Å². The first-order chi connectivity index (χ1) is 9.73. The van der Waals surface area contributed by atoms with Gasteiger partial charge in [0.25, 0.3) is 0 Å². The van der Waals surface area contributed by atoms with Crippen molar-refractivity contribution < 1.29 is 19.5 Å². The van der Waals surface area contributed by atoms with Crippen molar-refractivity contribution in [3.8, 4) is 0 Å². The van der Waals surface area contributed by atoms with E-state index in [-0.39, 0.29) is 16.7 Å². The standard InChI is InChI=1S/C14H22N2O4S/c1-4-6-13(2,12(19)20)15-11(18)9-8-21-14(3)7-5-10(17)16(9)14/h9H,4-8H2,1-3H3,(H,15,18)(H,19,20). The van der Waals surface area contributed by atoms with Crippen molar-refractivity contribution in [2.75, 3.05) is 5.75 Å². The molecule has 0 radical (unpaired) electrons. The van der Waals surface area contributed by atoms with Crippen LogP contribution in [0.3, 0.4) is 0 Å². The topological polar surface area (TPSA) is 86.7 Å². The quantitative estimate of drug-likeness (QED) is 0.796. The third-order valence-corrected chi connectivity index (χ3v) is 5.87. The summed E-state index contributed by atoms with van der Waals surface area (Å²) in [5.74, 6) is -0.899. The van der Waals surface area contributed by atoms with Crippen LogP contribution in [0.25, 0.3) is 0 Å². The molecule has 6 nitrogen and oxygen atoms in total. The molecule has 2 heterocycles. The molecule has 3 atom stereocenters. The number of nitrogens with zero attached hydrogens (tertiary/aromatic N) is 1. The summed E-state index contributed by atoms with van der Waals surface area (Å²) in [6.45, 7) is 5.36. The average molecular weight is 314 g/mol. The number of hydrogen-bond acceptors (Lipinski definition) is 4. The Bertz CT molecular complexity index is 484. The van der Waals surface area contributed by atoms with Gasteiger partial charge in [-0.1, -0.05) is 13.3 Å². The summed E-state index contributed by atoms with van der Waals surface area (Å²) in [6, 6.07) is -0.564. The number of nitrogens with one attached hydrogen (secondary N) is 1. The first-order valence-electron chi connectivity index (χ1n) is 7.25. The molecule has 2 amide bonds. The van der Waals surface area contributed by atoms with Crippen LogP contribution in [0.4, 0.5) is 0 Å². The number of aliphatic carboxylic acids is 1. The molecule has 2 saturated heterocycles. The van der Waals surface area contributed by atoms with Crippen LogP contribution in [-0.4, -0.2) is 50.0 Å². The number of amides is 2. The molecule has 0 aromatic carbocycles. The first kappa shape index (κ1) is 16.1. The fourth-order valence-electron chi connectivity index (χ4n) is 3.09. The molecule has 2 fully saturated rings. The van der Waals surface area contributed by atoms with Crippen molar-refractivity contribution in [1.29, 1.82) is 0 Å². The van der Waals surface area contributed by atoms with Crippen LogP contribution in [-0.2, 0) is 14.4 Å². The molecule has 3 unspecified atom stereocenters. The Balaban J connectivity index is 2.14. The monoisotopic (exact) mass is 314 g/mol. The normalized spacial score (nSPS) is 30.9. The largest absolute Gasteiger partial charge is 0.480 e. The Morgan fingerprint density at radius 2 is 2.24 bits per heavy atom. The molecule has 0 bridgehead atoms. The summed E-state index contributed by atoms with van der Waals surface area (Å²) in [5, 5.41) is 12.0. The van der Waals surface area contributed by atoms with E-state index >= 15 is 0 Å². The van der Waals surface area contributed by atoms with Crippen LogP contribution in [0.2, 0.25) is 0 Å². The van der Waals surface area contributed by atoms with Crippen LogP contribution in [0.5, 0.6) is 0 Å². The lowest BCUT2D eigenvalue weighted by molar-refractivity contribution is -0.148. The van der Waals surface area contributed by atoms with Crippen molar-refractivity contribution in [3.63, 3.8) is 0 Å². The second-order valence-electron chi connectivity index (χ2n) is 6.14. The second-order valence-corrected chi connectivity index (χ2v) is 7.64. The molecule has 21 heavy (non-hydrogen) atoms. The van der Waals surface area contributed by atoms with Gasteiger partial charge in [0.2, 0.25) is 11.8 Å². The fourth-order valence-corrected chi connectivity index (χ4v) is 4.52. The highest BCUT2D eigenvalue weighted by Crippen LogP contribution is 2.47. The maximum absolute atomic E-state index is 12.5. The number of fused-ring (bicyclic) bond motifs is 1. The van der Waals surface area contributed by atoms with E-state index in [1.165, 1.54) is 6.92 Å². The fraction of sp³-hybridized carbons (Fsp3) is 0.786. The summed E-state index contributed by atoms with van der Waals surface area (Å²) in [7, 11) is 0. The average Bonchev–Trinajstić information content (AvgIpc) is 2.87. The van der Waals surface area contributed by atoms with Crippen molar-refractivity contribution in [2.45, 2.75) is 62.9 Å². The summed E-state index contributed by atoms with van der Waals surface area (Å²) >= 11 is 1.60. The van der Waals surface area contributed by atoms with E-state index < -0.39 is 17.6 Å². The number of carbonyl (C=O) groups is 3. The van der Waals surface area contributed by atoms with Gasteiger partial charge in [-0.25, -0.2) is 4.79 Å². The minimum absolute atomic E-state index is 0.0184. The van der Waals surface area contributed by atoms with E-state index in [4.69, 9.17) is 0 Å². The van der Waals surface area contributed by atoms with Gasteiger partial charge in [-0.2, -0.15) is 0 Å². The highest BCUT2D eigenvalue weighted by Gasteiger charge is 2.53. The molecule has 0 aromatic heterocycles. The Kier molecular flexibility index (Phi) is 4.24. The zero-order valence-electron chi connectivity index (χ0n) is 12.6. The lowest BCUT2D eigenvalue weighted by Gasteiger charge is -2.32. The lowest BCUT2D eigenvalue weighted by Crippen LogP contribution is -2.58. The molecule has 0 spiro atoms. The smallest absolute Gasteiger partial charge is 0.329 e. The Morgan fingerprint density at radius 1 is 1.57 bits per heavy atom. The number of hydrogen-bond donors (Lipinski definition) is 2. The van der Waals surface area contributed by atoms with Crippen molar-refractivity contribution in [1.82, 2.24) is 10.2 Å².